The van der Waals surface area contributed by atoms with Gasteiger partial charge in [0.25, 0.3) is 0 Å². The number of ether oxygens (including phenoxy) is 1. The number of ketones is 1. The fourth-order valence-corrected chi connectivity index (χ4v) is 3.00. The Kier molecular flexibility index (Phi) is 6.38. The van der Waals surface area contributed by atoms with Crippen molar-refractivity contribution in [2.45, 2.75) is 6.92 Å². The molecule has 23 heavy (non-hydrogen) atoms. The number of carbonyl (C=O) groups excluding carboxylic acids is 2. The second-order valence-electron chi connectivity index (χ2n) is 4.90. The molecule has 5 heteroatoms. The van der Waals surface area contributed by atoms with Crippen LogP contribution in [0.1, 0.15) is 17.3 Å². The molecule has 120 valence electrons. The number of hydrogen-bond donors (Lipinski definition) is 0. The number of Topliss-reactive ketones (excluding diaryl/α,β-unsaturated/α-hetero) is 1. The monoisotopic (exact) mass is 330 g/mol. The summed E-state index contributed by atoms with van der Waals surface area (Å²) in [5.74, 6) is -1.21. The van der Waals surface area contributed by atoms with Crippen molar-refractivity contribution in [1.82, 2.24) is 0 Å². The Balaban J connectivity index is 1.96. The maximum atomic E-state index is 12.1. The van der Waals surface area contributed by atoms with Gasteiger partial charge in [-0.1, -0.05) is 54.6 Å². The van der Waals surface area contributed by atoms with Gasteiger partial charge in [0, 0.05) is 5.56 Å². The third-order valence-electron chi connectivity index (χ3n) is 3.19. The zero-order chi connectivity index (χ0) is 16.7. The normalized spacial score (nSPS) is 11.7. The van der Waals surface area contributed by atoms with E-state index in [9.17, 15) is 14.1 Å². The second kappa shape index (κ2) is 8.50. The van der Waals surface area contributed by atoms with Crippen molar-refractivity contribution in [3.63, 3.8) is 0 Å². The largest absolute Gasteiger partial charge is 0.616 e. The minimum atomic E-state index is -1.55. The Bertz CT molecular complexity index is 652. The summed E-state index contributed by atoms with van der Waals surface area (Å²) in [6.07, 6.45) is 0. The Labute approximate surface area is 138 Å². The van der Waals surface area contributed by atoms with Gasteiger partial charge in [-0.2, -0.15) is 0 Å². The van der Waals surface area contributed by atoms with Gasteiger partial charge < -0.3 is 9.29 Å². The number of esters is 1. The molecule has 0 aromatic heterocycles. The van der Waals surface area contributed by atoms with Crippen LogP contribution in [0.15, 0.2) is 54.6 Å². The predicted octanol–water partition coefficient (Wildman–Crippen LogP) is 2.85. The van der Waals surface area contributed by atoms with Crippen molar-refractivity contribution < 1.29 is 18.9 Å². The molecule has 0 fully saturated rings. The van der Waals surface area contributed by atoms with Crippen LogP contribution in [-0.4, -0.2) is 34.4 Å². The molecule has 0 saturated carbocycles. The highest BCUT2D eigenvalue weighted by Gasteiger charge is 2.19. The van der Waals surface area contributed by atoms with E-state index < -0.39 is 17.1 Å². The van der Waals surface area contributed by atoms with Crippen LogP contribution in [0.5, 0.6) is 0 Å². The molecule has 0 radical (unpaired) electrons. The molecule has 0 aliphatic rings. The van der Waals surface area contributed by atoms with Crippen LogP contribution in [0.25, 0.3) is 11.1 Å². The minimum Gasteiger partial charge on any atom is -0.616 e. The molecule has 2 aromatic carbocycles. The fraction of sp³-hybridized carbons (Fsp3) is 0.222. The van der Waals surface area contributed by atoms with E-state index in [2.05, 4.69) is 0 Å². The van der Waals surface area contributed by atoms with Crippen molar-refractivity contribution in [3.8, 4) is 11.1 Å². The van der Waals surface area contributed by atoms with Crippen LogP contribution in [-0.2, 0) is 20.7 Å². The van der Waals surface area contributed by atoms with Crippen LogP contribution in [0, 0.1) is 0 Å². The SMILES string of the molecule is CCOC(=O)C[S+]([O-])CC(=O)c1ccc(-c2ccccc2)cc1. The van der Waals surface area contributed by atoms with Crippen LogP contribution < -0.4 is 0 Å². The Morgan fingerprint density at radius 3 is 2.17 bits per heavy atom. The molecule has 0 bridgehead atoms. The van der Waals surface area contributed by atoms with Crippen molar-refractivity contribution in [2.75, 3.05) is 18.1 Å². The van der Waals surface area contributed by atoms with E-state index in [1.807, 2.05) is 42.5 Å². The lowest BCUT2D eigenvalue weighted by atomic mass is 10.0. The van der Waals surface area contributed by atoms with Crippen molar-refractivity contribution in [3.05, 3.63) is 60.2 Å². The summed E-state index contributed by atoms with van der Waals surface area (Å²) in [6, 6.07) is 17.0. The van der Waals surface area contributed by atoms with Crippen molar-refractivity contribution in [2.24, 2.45) is 0 Å². The topological polar surface area (TPSA) is 66.4 Å². The maximum Gasteiger partial charge on any atom is 0.356 e. The first-order chi connectivity index (χ1) is 11.1. The van der Waals surface area contributed by atoms with E-state index in [-0.39, 0.29) is 23.9 Å². The third kappa shape index (κ3) is 5.23. The van der Waals surface area contributed by atoms with Crippen molar-refractivity contribution in [1.29, 1.82) is 0 Å². The van der Waals surface area contributed by atoms with Gasteiger partial charge in [0.1, 0.15) is 0 Å². The molecule has 2 aromatic rings. The minimum absolute atomic E-state index is 0.177. The summed E-state index contributed by atoms with van der Waals surface area (Å²) in [7, 11) is 0. The molecule has 4 nitrogen and oxygen atoms in total. The average Bonchev–Trinajstić information content (AvgIpc) is 2.56. The third-order valence-corrected chi connectivity index (χ3v) is 4.33. The van der Waals surface area contributed by atoms with Crippen molar-refractivity contribution >= 4 is 22.9 Å². The lowest BCUT2D eigenvalue weighted by Gasteiger charge is -2.10. The lowest BCUT2D eigenvalue weighted by molar-refractivity contribution is -0.139. The summed E-state index contributed by atoms with van der Waals surface area (Å²) in [5.41, 5.74) is 2.56. The standard InChI is InChI=1S/C18H18O4S/c1-2-22-18(20)13-23(21)12-17(19)16-10-8-15(9-11-16)14-6-4-3-5-7-14/h3-11H,2,12-13H2,1H3. The van der Waals surface area contributed by atoms with Gasteiger partial charge in [-0.05, 0) is 29.2 Å². The number of carbonyl (C=O) groups is 2. The first-order valence-corrected chi connectivity index (χ1v) is 8.78. The van der Waals surface area contributed by atoms with Crippen LogP contribution in [0.4, 0.5) is 0 Å². The molecule has 0 amide bonds. The predicted molar refractivity (Wildman–Crippen MR) is 90.7 cm³/mol. The highest BCUT2D eigenvalue weighted by Crippen LogP contribution is 2.19. The molecular formula is C18H18O4S. The van der Waals surface area contributed by atoms with Gasteiger partial charge in [-0.25, -0.2) is 4.79 Å². The second-order valence-corrected chi connectivity index (χ2v) is 6.36. The van der Waals surface area contributed by atoms with Gasteiger partial charge in [-0.15, -0.1) is 0 Å². The first kappa shape index (κ1) is 17.2. The summed E-state index contributed by atoms with van der Waals surface area (Å²) in [4.78, 5) is 23.3. The number of rotatable bonds is 7. The maximum absolute atomic E-state index is 12.1. The first-order valence-electron chi connectivity index (χ1n) is 7.29. The molecule has 0 heterocycles. The van der Waals surface area contributed by atoms with Crippen LogP contribution in [0.2, 0.25) is 0 Å². The van der Waals surface area contributed by atoms with Crippen LogP contribution >= 0.6 is 0 Å². The van der Waals surface area contributed by atoms with Gasteiger partial charge in [0.15, 0.2) is 5.75 Å². The van der Waals surface area contributed by atoms with E-state index in [1.54, 1.807) is 19.1 Å². The van der Waals surface area contributed by atoms with Gasteiger partial charge >= 0.3 is 5.97 Å². The molecule has 0 spiro atoms. The molecule has 1 atom stereocenters. The molecule has 2 rings (SSSR count). The van der Waals surface area contributed by atoms with E-state index in [0.717, 1.165) is 11.1 Å². The molecule has 0 N–H and O–H groups in total. The summed E-state index contributed by atoms with van der Waals surface area (Å²) >= 11 is -1.55. The lowest BCUT2D eigenvalue weighted by Crippen LogP contribution is -2.25. The molecule has 0 saturated heterocycles. The van der Waals surface area contributed by atoms with Gasteiger partial charge in [-0.3, -0.25) is 4.79 Å². The summed E-state index contributed by atoms with van der Waals surface area (Å²) in [5, 5.41) is 0. The van der Waals surface area contributed by atoms with Gasteiger partial charge in [0.05, 0.1) is 6.61 Å². The molecular weight excluding hydrogens is 312 g/mol. The zero-order valence-corrected chi connectivity index (χ0v) is 13.7. The zero-order valence-electron chi connectivity index (χ0n) is 12.9. The quantitative estimate of drug-likeness (QED) is 0.445. The highest BCUT2D eigenvalue weighted by molar-refractivity contribution is 7.92. The van der Waals surface area contributed by atoms with Crippen LogP contribution in [0.3, 0.4) is 0 Å². The Morgan fingerprint density at radius 2 is 1.57 bits per heavy atom. The summed E-state index contributed by atoms with van der Waals surface area (Å²) in [6.45, 7) is 1.92. The smallest absolute Gasteiger partial charge is 0.356 e. The van der Waals surface area contributed by atoms with Gasteiger partial charge in [0.2, 0.25) is 11.5 Å². The Hall–Kier alpha value is -2.11. The number of hydrogen-bond acceptors (Lipinski definition) is 4. The fourth-order valence-electron chi connectivity index (χ4n) is 2.09. The highest BCUT2D eigenvalue weighted by atomic mass is 32.2. The van der Waals surface area contributed by atoms with E-state index in [0.29, 0.717) is 5.56 Å². The Morgan fingerprint density at radius 1 is 0.957 bits per heavy atom. The molecule has 0 aliphatic carbocycles. The summed E-state index contributed by atoms with van der Waals surface area (Å²) < 4.78 is 16.5. The van der Waals surface area contributed by atoms with E-state index >= 15 is 0 Å². The molecule has 1 unspecified atom stereocenters. The number of benzene rings is 2. The van der Waals surface area contributed by atoms with E-state index in [4.69, 9.17) is 4.74 Å². The average molecular weight is 330 g/mol. The molecule has 0 aliphatic heterocycles. The van der Waals surface area contributed by atoms with E-state index in [1.165, 1.54) is 0 Å².